The van der Waals surface area contributed by atoms with Crippen LogP contribution in [0.15, 0.2) is 29.3 Å². The fourth-order valence-electron chi connectivity index (χ4n) is 2.64. The number of halogens is 1. The summed E-state index contributed by atoms with van der Waals surface area (Å²) in [4.78, 5) is 20.8. The summed E-state index contributed by atoms with van der Waals surface area (Å²) >= 11 is 0. The third-order valence-corrected chi connectivity index (χ3v) is 4.08. The van der Waals surface area contributed by atoms with Gasteiger partial charge in [-0.3, -0.25) is 4.79 Å². The maximum atomic E-state index is 12.3. The molecule has 6 heteroatoms. The van der Waals surface area contributed by atoms with Crippen LogP contribution in [0.5, 0.6) is 0 Å². The summed E-state index contributed by atoms with van der Waals surface area (Å²) in [7, 11) is 1.91. The maximum absolute atomic E-state index is 12.3. The standard InChI is InChI=1S/C19H32N4O.HI/c1-6-16-12-10-11-13-17(16)14-21-19(20-7-2)22(5)15-18(24)23(8-3)9-4;/h10-13H,6-9,14-15H2,1-5H3,(H,20,21);1H. The van der Waals surface area contributed by atoms with Crippen LogP contribution in [0.25, 0.3) is 0 Å². The van der Waals surface area contributed by atoms with E-state index in [0.717, 1.165) is 32.0 Å². The first-order chi connectivity index (χ1) is 11.6. The van der Waals surface area contributed by atoms with Crippen LogP contribution >= 0.6 is 24.0 Å². The van der Waals surface area contributed by atoms with Crippen molar-refractivity contribution in [3.63, 3.8) is 0 Å². The number of carbonyl (C=O) groups excluding carboxylic acids is 1. The first-order valence-corrected chi connectivity index (χ1v) is 8.91. The third kappa shape index (κ3) is 7.63. The van der Waals surface area contributed by atoms with Crippen molar-refractivity contribution >= 4 is 35.8 Å². The number of nitrogens with one attached hydrogen (secondary N) is 1. The van der Waals surface area contributed by atoms with E-state index < -0.39 is 0 Å². The average Bonchev–Trinajstić information content (AvgIpc) is 2.59. The Morgan fingerprint density at radius 1 is 1.08 bits per heavy atom. The Morgan fingerprint density at radius 2 is 1.68 bits per heavy atom. The Balaban J connectivity index is 0.00000576. The normalized spacial score (nSPS) is 10.8. The Labute approximate surface area is 169 Å². The minimum atomic E-state index is 0. The van der Waals surface area contributed by atoms with Crippen LogP contribution in [-0.2, 0) is 17.8 Å². The molecule has 1 amide bonds. The molecule has 25 heavy (non-hydrogen) atoms. The summed E-state index contributed by atoms with van der Waals surface area (Å²) in [6.45, 7) is 11.4. The Kier molecular flexibility index (Phi) is 12.3. The topological polar surface area (TPSA) is 47.9 Å². The van der Waals surface area contributed by atoms with Gasteiger partial charge in [-0.05, 0) is 38.3 Å². The summed E-state index contributed by atoms with van der Waals surface area (Å²) in [5.74, 6) is 0.894. The Morgan fingerprint density at radius 3 is 2.20 bits per heavy atom. The number of amides is 1. The Hall–Kier alpha value is -1.31. The molecule has 0 aliphatic rings. The summed E-state index contributed by atoms with van der Waals surface area (Å²) < 4.78 is 0. The predicted octanol–water partition coefficient (Wildman–Crippen LogP) is 3.13. The largest absolute Gasteiger partial charge is 0.357 e. The van der Waals surface area contributed by atoms with Gasteiger partial charge in [-0.1, -0.05) is 31.2 Å². The van der Waals surface area contributed by atoms with Crippen LogP contribution < -0.4 is 5.32 Å². The molecule has 0 radical (unpaired) electrons. The second-order valence-corrected chi connectivity index (χ2v) is 5.71. The molecule has 1 rings (SSSR count). The van der Waals surface area contributed by atoms with Gasteiger partial charge >= 0.3 is 0 Å². The van der Waals surface area contributed by atoms with E-state index in [1.807, 2.05) is 43.7 Å². The van der Waals surface area contributed by atoms with Gasteiger partial charge in [-0.25, -0.2) is 4.99 Å². The molecule has 5 nitrogen and oxygen atoms in total. The van der Waals surface area contributed by atoms with Gasteiger partial charge in [0.05, 0.1) is 13.1 Å². The van der Waals surface area contributed by atoms with Crippen LogP contribution in [-0.4, -0.2) is 54.9 Å². The SMILES string of the molecule is CCNC(=NCc1ccccc1CC)N(C)CC(=O)N(CC)CC.I. The molecular weight excluding hydrogens is 427 g/mol. The minimum Gasteiger partial charge on any atom is -0.357 e. The summed E-state index contributed by atoms with van der Waals surface area (Å²) in [6, 6.07) is 8.37. The molecule has 142 valence electrons. The minimum absolute atomic E-state index is 0. The maximum Gasteiger partial charge on any atom is 0.242 e. The lowest BCUT2D eigenvalue weighted by molar-refractivity contribution is -0.131. The number of guanidine groups is 1. The van der Waals surface area contributed by atoms with E-state index in [9.17, 15) is 4.79 Å². The number of hydrogen-bond donors (Lipinski definition) is 1. The zero-order valence-corrected chi connectivity index (χ0v) is 18.5. The molecule has 0 bridgehead atoms. The highest BCUT2D eigenvalue weighted by molar-refractivity contribution is 14.0. The molecule has 0 aliphatic heterocycles. The highest BCUT2D eigenvalue weighted by Gasteiger charge is 2.15. The van der Waals surface area contributed by atoms with Crippen LogP contribution in [0.1, 0.15) is 38.8 Å². The summed E-state index contributed by atoms with van der Waals surface area (Å²) in [5, 5.41) is 3.28. The molecule has 1 aromatic rings. The van der Waals surface area contributed by atoms with Gasteiger partial charge in [-0.15, -0.1) is 24.0 Å². The lowest BCUT2D eigenvalue weighted by Gasteiger charge is -2.25. The van der Waals surface area contributed by atoms with Crippen molar-refractivity contribution in [2.24, 2.45) is 4.99 Å². The molecule has 0 fully saturated rings. The van der Waals surface area contributed by atoms with Gasteiger partial charge in [0, 0.05) is 26.7 Å². The van der Waals surface area contributed by atoms with Crippen molar-refractivity contribution < 1.29 is 4.79 Å². The molecule has 0 heterocycles. The second-order valence-electron chi connectivity index (χ2n) is 5.71. The molecular formula is C19H33IN4O. The van der Waals surface area contributed by atoms with E-state index in [4.69, 9.17) is 4.99 Å². The van der Waals surface area contributed by atoms with Crippen molar-refractivity contribution in [1.82, 2.24) is 15.1 Å². The van der Waals surface area contributed by atoms with Gasteiger partial charge < -0.3 is 15.1 Å². The quantitative estimate of drug-likeness (QED) is 0.369. The third-order valence-electron chi connectivity index (χ3n) is 4.08. The molecule has 0 unspecified atom stereocenters. The number of nitrogens with zero attached hydrogens (tertiary/aromatic N) is 3. The van der Waals surface area contributed by atoms with Crippen molar-refractivity contribution in [2.45, 2.75) is 40.7 Å². The molecule has 0 spiro atoms. The molecule has 0 aliphatic carbocycles. The molecule has 1 N–H and O–H groups in total. The van der Waals surface area contributed by atoms with Crippen LogP contribution in [0, 0.1) is 0 Å². The smallest absolute Gasteiger partial charge is 0.242 e. The van der Waals surface area contributed by atoms with Gasteiger partial charge in [-0.2, -0.15) is 0 Å². The van der Waals surface area contributed by atoms with Gasteiger partial charge in [0.2, 0.25) is 5.91 Å². The molecule has 0 saturated carbocycles. The number of carbonyl (C=O) groups is 1. The van der Waals surface area contributed by atoms with Gasteiger partial charge in [0.1, 0.15) is 0 Å². The number of benzene rings is 1. The highest BCUT2D eigenvalue weighted by atomic mass is 127. The van der Waals surface area contributed by atoms with Crippen LogP contribution in [0.2, 0.25) is 0 Å². The number of aryl methyl sites for hydroxylation is 1. The second kappa shape index (κ2) is 13.0. The predicted molar refractivity (Wildman–Crippen MR) is 117 cm³/mol. The first kappa shape index (κ1) is 23.7. The molecule has 0 aromatic heterocycles. The average molecular weight is 460 g/mol. The van der Waals surface area contributed by atoms with E-state index >= 15 is 0 Å². The van der Waals surface area contributed by atoms with E-state index in [0.29, 0.717) is 13.1 Å². The van der Waals surface area contributed by atoms with Crippen molar-refractivity contribution in [2.75, 3.05) is 33.2 Å². The van der Waals surface area contributed by atoms with Crippen molar-refractivity contribution in [3.05, 3.63) is 35.4 Å². The van der Waals surface area contributed by atoms with Crippen molar-refractivity contribution in [1.29, 1.82) is 0 Å². The van der Waals surface area contributed by atoms with E-state index in [-0.39, 0.29) is 29.9 Å². The number of hydrogen-bond acceptors (Lipinski definition) is 2. The van der Waals surface area contributed by atoms with E-state index in [1.54, 1.807) is 0 Å². The zero-order chi connectivity index (χ0) is 17.9. The summed E-state index contributed by atoms with van der Waals surface area (Å²) in [6.07, 6.45) is 0.999. The Bertz CT molecular complexity index is 544. The van der Waals surface area contributed by atoms with Crippen LogP contribution in [0.4, 0.5) is 0 Å². The van der Waals surface area contributed by atoms with E-state index in [1.165, 1.54) is 11.1 Å². The van der Waals surface area contributed by atoms with Gasteiger partial charge in [0.25, 0.3) is 0 Å². The number of likely N-dealkylation sites (N-methyl/N-ethyl adjacent to an activating group) is 2. The lowest BCUT2D eigenvalue weighted by atomic mass is 10.1. The summed E-state index contributed by atoms with van der Waals surface area (Å²) in [5.41, 5.74) is 2.55. The molecule has 0 atom stereocenters. The first-order valence-electron chi connectivity index (χ1n) is 8.91. The number of rotatable bonds is 8. The lowest BCUT2D eigenvalue weighted by Crippen LogP contribution is -2.45. The zero-order valence-electron chi connectivity index (χ0n) is 16.2. The highest BCUT2D eigenvalue weighted by Crippen LogP contribution is 2.10. The van der Waals surface area contributed by atoms with Crippen LogP contribution in [0.3, 0.4) is 0 Å². The van der Waals surface area contributed by atoms with Gasteiger partial charge in [0.15, 0.2) is 5.96 Å². The van der Waals surface area contributed by atoms with E-state index in [2.05, 4.69) is 30.4 Å². The van der Waals surface area contributed by atoms with Crippen molar-refractivity contribution in [3.8, 4) is 0 Å². The number of aliphatic imine (C=N–C) groups is 1. The monoisotopic (exact) mass is 460 g/mol. The fraction of sp³-hybridized carbons (Fsp3) is 0.579. The molecule has 0 saturated heterocycles. The fourth-order valence-corrected chi connectivity index (χ4v) is 2.64. The molecule has 1 aromatic carbocycles.